The summed E-state index contributed by atoms with van der Waals surface area (Å²) in [6.07, 6.45) is 4.32. The van der Waals surface area contributed by atoms with Crippen LogP contribution in [0, 0.1) is 0 Å². The van der Waals surface area contributed by atoms with E-state index >= 15 is 0 Å². The molecule has 0 radical (unpaired) electrons. The Morgan fingerprint density at radius 2 is 2.12 bits per heavy atom. The summed E-state index contributed by atoms with van der Waals surface area (Å²) in [5.74, 6) is -0.227. The van der Waals surface area contributed by atoms with Crippen LogP contribution in [0.4, 0.5) is 0 Å². The summed E-state index contributed by atoms with van der Waals surface area (Å²) in [6.45, 7) is 4.20. The van der Waals surface area contributed by atoms with E-state index in [4.69, 9.17) is 10.5 Å². The first kappa shape index (κ1) is 14.4. The number of hydrogen-bond acceptors (Lipinski definition) is 4. The molecular weight excluding hydrogens is 218 g/mol. The van der Waals surface area contributed by atoms with Gasteiger partial charge in [-0.15, -0.1) is 0 Å². The third-order valence-corrected chi connectivity index (χ3v) is 3.23. The lowest BCUT2D eigenvalue weighted by Crippen LogP contribution is -2.46. The van der Waals surface area contributed by atoms with Gasteiger partial charge in [0.15, 0.2) is 0 Å². The lowest BCUT2D eigenvalue weighted by Gasteiger charge is -2.33. The fraction of sp³-hybridized carbons (Fsp3) is 0.917. The minimum absolute atomic E-state index is 0.227. The molecule has 1 amide bonds. The fourth-order valence-electron chi connectivity index (χ4n) is 2.32. The van der Waals surface area contributed by atoms with Gasteiger partial charge in [0, 0.05) is 19.8 Å². The van der Waals surface area contributed by atoms with Crippen molar-refractivity contribution in [2.24, 2.45) is 5.73 Å². The van der Waals surface area contributed by atoms with Gasteiger partial charge in [-0.05, 0) is 45.3 Å². The Labute approximate surface area is 104 Å². The Balaban J connectivity index is 2.33. The number of hydrogen-bond donors (Lipinski definition) is 2. The summed E-state index contributed by atoms with van der Waals surface area (Å²) >= 11 is 0. The van der Waals surface area contributed by atoms with Gasteiger partial charge in [0.2, 0.25) is 5.91 Å². The summed E-state index contributed by atoms with van der Waals surface area (Å²) < 4.78 is 5.03. The van der Waals surface area contributed by atoms with Gasteiger partial charge in [-0.1, -0.05) is 0 Å². The molecule has 1 fully saturated rings. The molecule has 0 aromatic carbocycles. The van der Waals surface area contributed by atoms with Gasteiger partial charge < -0.3 is 15.8 Å². The quantitative estimate of drug-likeness (QED) is 0.587. The summed E-state index contributed by atoms with van der Waals surface area (Å²) in [4.78, 5) is 13.3. The summed E-state index contributed by atoms with van der Waals surface area (Å²) in [6, 6.07) is 0.506. The van der Waals surface area contributed by atoms with E-state index in [-0.39, 0.29) is 5.91 Å². The Morgan fingerprint density at radius 3 is 2.71 bits per heavy atom. The maximum Gasteiger partial charge on any atom is 0.231 e. The summed E-state index contributed by atoms with van der Waals surface area (Å²) in [5.41, 5.74) is 5.31. The second-order valence-corrected chi connectivity index (χ2v) is 4.62. The molecule has 1 rings (SSSR count). The van der Waals surface area contributed by atoms with Crippen molar-refractivity contribution < 1.29 is 9.53 Å². The SMILES string of the molecule is COCCCCN(CC(N)=O)C1CCNCC1. The highest BCUT2D eigenvalue weighted by atomic mass is 16.5. The molecule has 1 aliphatic rings. The van der Waals surface area contributed by atoms with Crippen LogP contribution in [0.1, 0.15) is 25.7 Å². The molecule has 17 heavy (non-hydrogen) atoms. The smallest absolute Gasteiger partial charge is 0.231 e. The van der Waals surface area contributed by atoms with E-state index < -0.39 is 0 Å². The Morgan fingerprint density at radius 1 is 1.41 bits per heavy atom. The molecule has 0 saturated carbocycles. The molecular formula is C12H25N3O2. The van der Waals surface area contributed by atoms with Crippen LogP contribution in [0.25, 0.3) is 0 Å². The number of methoxy groups -OCH3 is 1. The average molecular weight is 243 g/mol. The fourth-order valence-corrected chi connectivity index (χ4v) is 2.32. The van der Waals surface area contributed by atoms with E-state index in [0.29, 0.717) is 12.6 Å². The van der Waals surface area contributed by atoms with Crippen molar-refractivity contribution in [3.05, 3.63) is 0 Å². The highest BCUT2D eigenvalue weighted by molar-refractivity contribution is 5.75. The number of rotatable bonds is 8. The van der Waals surface area contributed by atoms with Gasteiger partial charge in [0.05, 0.1) is 6.54 Å². The standard InChI is InChI=1S/C12H25N3O2/c1-17-9-3-2-8-15(10-12(13)16)11-4-6-14-7-5-11/h11,14H,2-10H2,1H3,(H2,13,16). The molecule has 0 aromatic heterocycles. The highest BCUT2D eigenvalue weighted by Gasteiger charge is 2.21. The van der Waals surface area contributed by atoms with Crippen molar-refractivity contribution in [2.45, 2.75) is 31.7 Å². The number of nitrogens with one attached hydrogen (secondary N) is 1. The highest BCUT2D eigenvalue weighted by Crippen LogP contribution is 2.12. The van der Waals surface area contributed by atoms with Crippen molar-refractivity contribution in [1.82, 2.24) is 10.2 Å². The van der Waals surface area contributed by atoms with E-state index in [9.17, 15) is 4.79 Å². The zero-order chi connectivity index (χ0) is 12.5. The second-order valence-electron chi connectivity index (χ2n) is 4.62. The Bertz CT molecular complexity index is 218. The van der Waals surface area contributed by atoms with Crippen LogP contribution in [0.5, 0.6) is 0 Å². The Hall–Kier alpha value is -0.650. The summed E-state index contributed by atoms with van der Waals surface area (Å²) in [7, 11) is 1.72. The minimum Gasteiger partial charge on any atom is -0.385 e. The molecule has 5 nitrogen and oxygen atoms in total. The molecule has 0 aliphatic carbocycles. The Kier molecular flexibility index (Phi) is 7.16. The third kappa shape index (κ3) is 6.00. The first-order chi connectivity index (χ1) is 8.24. The molecule has 0 aromatic rings. The van der Waals surface area contributed by atoms with E-state index in [1.165, 1.54) is 0 Å². The number of unbranched alkanes of at least 4 members (excludes halogenated alkanes) is 1. The van der Waals surface area contributed by atoms with Gasteiger partial charge in [-0.2, -0.15) is 0 Å². The summed E-state index contributed by atoms with van der Waals surface area (Å²) in [5, 5.41) is 3.34. The lowest BCUT2D eigenvalue weighted by atomic mass is 10.0. The number of nitrogens with two attached hydrogens (primary N) is 1. The number of carbonyl (C=O) groups excluding carboxylic acids is 1. The van der Waals surface area contributed by atoms with E-state index in [1.807, 2.05) is 0 Å². The van der Waals surface area contributed by atoms with Gasteiger partial charge in [0.25, 0.3) is 0 Å². The van der Waals surface area contributed by atoms with Crippen molar-refractivity contribution in [1.29, 1.82) is 0 Å². The molecule has 1 aliphatic heterocycles. The molecule has 5 heteroatoms. The van der Waals surface area contributed by atoms with Gasteiger partial charge >= 0.3 is 0 Å². The molecule has 0 spiro atoms. The van der Waals surface area contributed by atoms with Crippen LogP contribution < -0.4 is 11.1 Å². The van der Waals surface area contributed by atoms with Gasteiger partial charge in [-0.3, -0.25) is 9.69 Å². The molecule has 100 valence electrons. The lowest BCUT2D eigenvalue weighted by molar-refractivity contribution is -0.119. The largest absolute Gasteiger partial charge is 0.385 e. The molecule has 1 saturated heterocycles. The normalized spacial score (nSPS) is 17.5. The number of amides is 1. The minimum atomic E-state index is -0.227. The number of piperidine rings is 1. The van der Waals surface area contributed by atoms with Crippen LogP contribution in [0.15, 0.2) is 0 Å². The van der Waals surface area contributed by atoms with Gasteiger partial charge in [0.1, 0.15) is 0 Å². The topological polar surface area (TPSA) is 67.6 Å². The third-order valence-electron chi connectivity index (χ3n) is 3.23. The first-order valence-electron chi connectivity index (χ1n) is 6.46. The molecule has 3 N–H and O–H groups in total. The van der Waals surface area contributed by atoms with Crippen molar-refractivity contribution in [3.63, 3.8) is 0 Å². The van der Waals surface area contributed by atoms with E-state index in [2.05, 4.69) is 10.2 Å². The molecule has 0 bridgehead atoms. The van der Waals surface area contributed by atoms with Crippen molar-refractivity contribution in [3.8, 4) is 0 Å². The van der Waals surface area contributed by atoms with Crippen LogP contribution in [0.2, 0.25) is 0 Å². The number of ether oxygens (including phenoxy) is 1. The monoisotopic (exact) mass is 243 g/mol. The predicted molar refractivity (Wildman–Crippen MR) is 67.8 cm³/mol. The maximum atomic E-state index is 11.1. The van der Waals surface area contributed by atoms with Gasteiger partial charge in [-0.25, -0.2) is 0 Å². The van der Waals surface area contributed by atoms with Crippen LogP contribution in [0.3, 0.4) is 0 Å². The number of primary amides is 1. The maximum absolute atomic E-state index is 11.1. The van der Waals surface area contributed by atoms with Crippen molar-refractivity contribution in [2.75, 3.05) is 39.9 Å². The van der Waals surface area contributed by atoms with E-state index in [0.717, 1.165) is 51.9 Å². The molecule has 0 atom stereocenters. The van der Waals surface area contributed by atoms with Crippen LogP contribution >= 0.6 is 0 Å². The molecule has 0 unspecified atom stereocenters. The van der Waals surface area contributed by atoms with E-state index in [1.54, 1.807) is 7.11 Å². The zero-order valence-corrected chi connectivity index (χ0v) is 10.8. The van der Waals surface area contributed by atoms with Crippen LogP contribution in [-0.2, 0) is 9.53 Å². The predicted octanol–water partition coefficient (Wildman–Crippen LogP) is -0.0477. The average Bonchev–Trinajstić information content (AvgIpc) is 2.34. The van der Waals surface area contributed by atoms with Crippen molar-refractivity contribution >= 4 is 5.91 Å². The second kappa shape index (κ2) is 8.44. The zero-order valence-electron chi connectivity index (χ0n) is 10.8. The molecule has 1 heterocycles. The number of carbonyl (C=O) groups is 1. The first-order valence-corrected chi connectivity index (χ1v) is 6.46. The van der Waals surface area contributed by atoms with Crippen LogP contribution in [-0.4, -0.2) is 56.7 Å². The number of nitrogens with zero attached hydrogens (tertiary/aromatic N) is 1.